The summed E-state index contributed by atoms with van der Waals surface area (Å²) < 4.78 is 0. The Hall–Kier alpha value is -0.380. The standard InChI is InChI=1S/C11H19NOS/c1-10(2)12(7-8-13)6-5-11-4-3-9-14-11/h3-4,9-10,13H,5-8H2,1-2H3. The van der Waals surface area contributed by atoms with Crippen LogP contribution in [0.1, 0.15) is 18.7 Å². The summed E-state index contributed by atoms with van der Waals surface area (Å²) in [4.78, 5) is 3.73. The first kappa shape index (κ1) is 11.7. The lowest BCUT2D eigenvalue weighted by Gasteiger charge is -2.25. The minimum absolute atomic E-state index is 0.253. The fourth-order valence-electron chi connectivity index (χ4n) is 1.47. The molecule has 0 amide bonds. The molecule has 1 aromatic heterocycles. The first-order valence-electron chi connectivity index (χ1n) is 5.11. The van der Waals surface area contributed by atoms with Gasteiger partial charge in [-0.05, 0) is 31.7 Å². The molecular weight excluding hydrogens is 194 g/mol. The van der Waals surface area contributed by atoms with Crippen LogP contribution in [-0.4, -0.2) is 35.7 Å². The SMILES string of the molecule is CC(C)N(CCO)CCc1cccs1. The molecule has 14 heavy (non-hydrogen) atoms. The van der Waals surface area contributed by atoms with Crippen molar-refractivity contribution >= 4 is 11.3 Å². The molecule has 80 valence electrons. The van der Waals surface area contributed by atoms with Crippen LogP contribution in [0.2, 0.25) is 0 Å². The summed E-state index contributed by atoms with van der Waals surface area (Å²) in [5.74, 6) is 0. The van der Waals surface area contributed by atoms with Gasteiger partial charge in [0.25, 0.3) is 0 Å². The highest BCUT2D eigenvalue weighted by Gasteiger charge is 2.08. The molecule has 0 aromatic carbocycles. The smallest absolute Gasteiger partial charge is 0.0558 e. The van der Waals surface area contributed by atoms with E-state index in [0.717, 1.165) is 19.5 Å². The number of aliphatic hydroxyl groups is 1. The predicted octanol–water partition coefficient (Wildman–Crippen LogP) is 1.99. The van der Waals surface area contributed by atoms with E-state index >= 15 is 0 Å². The Bertz CT molecular complexity index is 233. The van der Waals surface area contributed by atoms with Gasteiger partial charge in [-0.1, -0.05) is 6.07 Å². The summed E-state index contributed by atoms with van der Waals surface area (Å²) in [6.45, 7) is 6.42. The van der Waals surface area contributed by atoms with Crippen LogP contribution in [0.4, 0.5) is 0 Å². The molecule has 3 heteroatoms. The van der Waals surface area contributed by atoms with Crippen molar-refractivity contribution in [3.8, 4) is 0 Å². The fraction of sp³-hybridized carbons (Fsp3) is 0.636. The van der Waals surface area contributed by atoms with Crippen LogP contribution < -0.4 is 0 Å². The van der Waals surface area contributed by atoms with E-state index in [9.17, 15) is 0 Å². The molecule has 0 aliphatic carbocycles. The zero-order valence-electron chi connectivity index (χ0n) is 8.94. The van der Waals surface area contributed by atoms with Gasteiger partial charge in [-0.2, -0.15) is 0 Å². The second-order valence-corrected chi connectivity index (χ2v) is 4.71. The van der Waals surface area contributed by atoms with Gasteiger partial charge >= 0.3 is 0 Å². The van der Waals surface area contributed by atoms with E-state index in [1.165, 1.54) is 4.88 Å². The van der Waals surface area contributed by atoms with Crippen LogP contribution >= 0.6 is 11.3 Å². The number of thiophene rings is 1. The zero-order valence-corrected chi connectivity index (χ0v) is 9.76. The lowest BCUT2D eigenvalue weighted by Crippen LogP contribution is -2.35. The van der Waals surface area contributed by atoms with Crippen LogP contribution in [0.5, 0.6) is 0 Å². The Morgan fingerprint density at radius 3 is 2.71 bits per heavy atom. The zero-order chi connectivity index (χ0) is 10.4. The van der Waals surface area contributed by atoms with Crippen LogP contribution in [0.25, 0.3) is 0 Å². The number of hydrogen-bond donors (Lipinski definition) is 1. The maximum absolute atomic E-state index is 8.90. The molecule has 0 saturated heterocycles. The van der Waals surface area contributed by atoms with Crippen LogP contribution in [0.15, 0.2) is 17.5 Å². The summed E-state index contributed by atoms with van der Waals surface area (Å²) >= 11 is 1.81. The minimum Gasteiger partial charge on any atom is -0.395 e. The van der Waals surface area contributed by atoms with Crippen LogP contribution in [0.3, 0.4) is 0 Å². The first-order valence-corrected chi connectivity index (χ1v) is 5.99. The quantitative estimate of drug-likeness (QED) is 0.781. The Balaban J connectivity index is 2.33. The maximum Gasteiger partial charge on any atom is 0.0558 e. The van der Waals surface area contributed by atoms with E-state index in [4.69, 9.17) is 5.11 Å². The van der Waals surface area contributed by atoms with Crippen molar-refractivity contribution in [2.24, 2.45) is 0 Å². The Morgan fingerprint density at radius 2 is 2.21 bits per heavy atom. The van der Waals surface area contributed by atoms with Gasteiger partial charge in [-0.3, -0.25) is 4.90 Å². The van der Waals surface area contributed by atoms with Gasteiger partial charge in [0.1, 0.15) is 0 Å². The Labute approximate surface area is 90.2 Å². The number of rotatable bonds is 6. The van der Waals surface area contributed by atoms with Gasteiger partial charge in [0, 0.05) is 24.0 Å². The molecule has 1 rings (SSSR count). The van der Waals surface area contributed by atoms with Crippen molar-refractivity contribution in [3.05, 3.63) is 22.4 Å². The molecule has 0 radical (unpaired) electrons. The third-order valence-electron chi connectivity index (χ3n) is 2.34. The molecule has 0 atom stereocenters. The van der Waals surface area contributed by atoms with Gasteiger partial charge in [0.15, 0.2) is 0 Å². The molecule has 2 nitrogen and oxygen atoms in total. The largest absolute Gasteiger partial charge is 0.395 e. The highest BCUT2D eigenvalue weighted by Crippen LogP contribution is 2.10. The van der Waals surface area contributed by atoms with Crippen LogP contribution in [0, 0.1) is 0 Å². The Kier molecular flexibility index (Phi) is 5.15. The first-order chi connectivity index (χ1) is 6.74. The van der Waals surface area contributed by atoms with Gasteiger partial charge in [-0.25, -0.2) is 0 Å². The number of nitrogens with zero attached hydrogens (tertiary/aromatic N) is 1. The summed E-state index contributed by atoms with van der Waals surface area (Å²) in [6.07, 6.45) is 1.09. The summed E-state index contributed by atoms with van der Waals surface area (Å²) in [5.41, 5.74) is 0. The normalized spacial score (nSPS) is 11.5. The number of hydrogen-bond acceptors (Lipinski definition) is 3. The molecule has 0 aliphatic rings. The second kappa shape index (κ2) is 6.17. The lowest BCUT2D eigenvalue weighted by atomic mass is 10.2. The third-order valence-corrected chi connectivity index (χ3v) is 3.28. The molecule has 0 unspecified atom stereocenters. The summed E-state index contributed by atoms with van der Waals surface area (Å²) in [5, 5.41) is 11.0. The monoisotopic (exact) mass is 213 g/mol. The topological polar surface area (TPSA) is 23.5 Å². The molecule has 0 spiro atoms. The molecule has 1 aromatic rings. The predicted molar refractivity (Wildman–Crippen MR) is 61.8 cm³/mol. The van der Waals surface area contributed by atoms with E-state index < -0.39 is 0 Å². The van der Waals surface area contributed by atoms with Crippen molar-refractivity contribution in [2.45, 2.75) is 26.3 Å². The average Bonchev–Trinajstić information content (AvgIpc) is 2.64. The van der Waals surface area contributed by atoms with Crippen molar-refractivity contribution < 1.29 is 5.11 Å². The maximum atomic E-state index is 8.90. The van der Waals surface area contributed by atoms with E-state index in [1.807, 2.05) is 0 Å². The minimum atomic E-state index is 0.253. The second-order valence-electron chi connectivity index (χ2n) is 3.68. The van der Waals surface area contributed by atoms with Crippen molar-refractivity contribution in [3.63, 3.8) is 0 Å². The summed E-state index contributed by atoms with van der Waals surface area (Å²) in [6, 6.07) is 4.77. The van der Waals surface area contributed by atoms with Gasteiger partial charge in [-0.15, -0.1) is 11.3 Å². The van der Waals surface area contributed by atoms with Crippen molar-refractivity contribution in [2.75, 3.05) is 19.7 Å². The summed E-state index contributed by atoms with van der Waals surface area (Å²) in [7, 11) is 0. The molecule has 0 aliphatic heterocycles. The molecule has 0 fully saturated rings. The number of aliphatic hydroxyl groups excluding tert-OH is 1. The van der Waals surface area contributed by atoms with Gasteiger partial charge in [0.2, 0.25) is 0 Å². The highest BCUT2D eigenvalue weighted by atomic mass is 32.1. The molecular formula is C11H19NOS. The van der Waals surface area contributed by atoms with E-state index in [1.54, 1.807) is 11.3 Å². The van der Waals surface area contributed by atoms with E-state index in [-0.39, 0.29) is 6.61 Å². The highest BCUT2D eigenvalue weighted by molar-refractivity contribution is 7.09. The fourth-order valence-corrected chi connectivity index (χ4v) is 2.16. The molecule has 1 heterocycles. The van der Waals surface area contributed by atoms with Crippen molar-refractivity contribution in [1.82, 2.24) is 4.90 Å². The molecule has 0 bridgehead atoms. The third kappa shape index (κ3) is 3.78. The van der Waals surface area contributed by atoms with Gasteiger partial charge in [0.05, 0.1) is 6.61 Å². The molecule has 1 N–H and O–H groups in total. The van der Waals surface area contributed by atoms with Crippen molar-refractivity contribution in [1.29, 1.82) is 0 Å². The molecule has 0 saturated carbocycles. The lowest BCUT2D eigenvalue weighted by molar-refractivity contribution is 0.167. The van der Waals surface area contributed by atoms with Crippen LogP contribution in [-0.2, 0) is 6.42 Å². The van der Waals surface area contributed by atoms with E-state index in [0.29, 0.717) is 6.04 Å². The van der Waals surface area contributed by atoms with E-state index in [2.05, 4.69) is 36.3 Å². The Morgan fingerprint density at radius 1 is 1.43 bits per heavy atom. The average molecular weight is 213 g/mol. The van der Waals surface area contributed by atoms with Gasteiger partial charge < -0.3 is 5.11 Å².